The van der Waals surface area contributed by atoms with E-state index in [1.54, 1.807) is 0 Å². The second kappa shape index (κ2) is 4.06. The summed E-state index contributed by atoms with van der Waals surface area (Å²) in [5, 5.41) is 4.66. The Bertz CT molecular complexity index is 532. The van der Waals surface area contributed by atoms with Crippen LogP contribution in [0.5, 0.6) is 0 Å². The van der Waals surface area contributed by atoms with E-state index in [-0.39, 0.29) is 0 Å². The number of aromatic nitrogens is 1. The first kappa shape index (κ1) is 10.6. The molecule has 3 nitrogen and oxygen atoms in total. The van der Waals surface area contributed by atoms with Crippen molar-refractivity contribution in [2.75, 3.05) is 5.32 Å². The minimum atomic E-state index is 0.568. The van der Waals surface area contributed by atoms with Gasteiger partial charge in [-0.05, 0) is 44.2 Å². The van der Waals surface area contributed by atoms with Gasteiger partial charge >= 0.3 is 0 Å². The molecule has 1 N–H and O–H groups in total. The average Bonchev–Trinajstić information content (AvgIpc) is 2.84. The van der Waals surface area contributed by atoms with E-state index in [0.717, 1.165) is 28.5 Å². The van der Waals surface area contributed by atoms with E-state index in [0.29, 0.717) is 6.04 Å². The van der Waals surface area contributed by atoms with Gasteiger partial charge < -0.3 is 9.73 Å². The second-order valence-corrected chi connectivity index (χ2v) is 5.19. The molecule has 0 radical (unpaired) electrons. The molecule has 90 valence electrons. The number of nitrogens with zero attached hydrogens (tertiary/aromatic N) is 1. The molecule has 1 aliphatic carbocycles. The molecule has 2 aromatic heterocycles. The summed E-state index contributed by atoms with van der Waals surface area (Å²) in [6.07, 6.45) is 5.62. The van der Waals surface area contributed by atoms with Crippen LogP contribution in [0.4, 0.5) is 5.82 Å². The van der Waals surface area contributed by atoms with E-state index in [2.05, 4.69) is 23.3 Å². The molecule has 0 amide bonds. The van der Waals surface area contributed by atoms with Gasteiger partial charge in [-0.15, -0.1) is 0 Å². The largest absolute Gasteiger partial charge is 0.461 e. The van der Waals surface area contributed by atoms with Gasteiger partial charge in [0, 0.05) is 12.2 Å². The Kier molecular flexibility index (Phi) is 2.54. The molecule has 1 aliphatic rings. The Morgan fingerprint density at radius 3 is 3.06 bits per heavy atom. The molecule has 1 fully saturated rings. The zero-order valence-corrected chi connectivity index (χ0v) is 10.4. The summed E-state index contributed by atoms with van der Waals surface area (Å²) in [4.78, 5) is 4.44. The SMILES string of the molecule is Cc1cc2c(NC3CCC(C)C3)nccc2o1. The number of fused-ring (bicyclic) bond motifs is 1. The predicted octanol–water partition coefficient (Wildman–Crippen LogP) is 3.74. The van der Waals surface area contributed by atoms with Crippen LogP contribution in [-0.4, -0.2) is 11.0 Å². The summed E-state index contributed by atoms with van der Waals surface area (Å²) >= 11 is 0. The van der Waals surface area contributed by atoms with Gasteiger partial charge in [0.25, 0.3) is 0 Å². The first-order valence-electron chi connectivity index (χ1n) is 6.34. The molecule has 3 heteroatoms. The number of hydrogen-bond donors (Lipinski definition) is 1. The molecule has 17 heavy (non-hydrogen) atoms. The number of aryl methyl sites for hydroxylation is 1. The van der Waals surface area contributed by atoms with Gasteiger partial charge in [-0.25, -0.2) is 4.98 Å². The van der Waals surface area contributed by atoms with Gasteiger partial charge in [-0.1, -0.05) is 6.92 Å². The van der Waals surface area contributed by atoms with Gasteiger partial charge in [0.15, 0.2) is 0 Å². The topological polar surface area (TPSA) is 38.1 Å². The lowest BCUT2D eigenvalue weighted by molar-refractivity contribution is 0.578. The highest BCUT2D eigenvalue weighted by atomic mass is 16.3. The number of anilines is 1. The third kappa shape index (κ3) is 2.02. The molecule has 2 unspecified atom stereocenters. The summed E-state index contributed by atoms with van der Waals surface area (Å²) in [6, 6.07) is 4.55. The van der Waals surface area contributed by atoms with E-state index in [1.165, 1.54) is 19.3 Å². The maximum atomic E-state index is 5.61. The highest BCUT2D eigenvalue weighted by molar-refractivity contribution is 5.88. The van der Waals surface area contributed by atoms with E-state index in [1.807, 2.05) is 19.2 Å². The minimum Gasteiger partial charge on any atom is -0.461 e. The molecule has 0 aliphatic heterocycles. The number of pyridine rings is 1. The van der Waals surface area contributed by atoms with Crippen LogP contribution in [0.3, 0.4) is 0 Å². The smallest absolute Gasteiger partial charge is 0.139 e. The maximum Gasteiger partial charge on any atom is 0.139 e. The Hall–Kier alpha value is -1.51. The highest BCUT2D eigenvalue weighted by Crippen LogP contribution is 2.30. The van der Waals surface area contributed by atoms with E-state index in [4.69, 9.17) is 4.42 Å². The van der Waals surface area contributed by atoms with Gasteiger partial charge in [0.2, 0.25) is 0 Å². The van der Waals surface area contributed by atoms with Gasteiger partial charge in [-0.2, -0.15) is 0 Å². The lowest BCUT2D eigenvalue weighted by Gasteiger charge is -2.13. The number of furan rings is 1. The molecule has 0 bridgehead atoms. The Labute approximate surface area is 101 Å². The fourth-order valence-corrected chi connectivity index (χ4v) is 2.74. The number of nitrogens with one attached hydrogen (secondary N) is 1. The van der Waals surface area contributed by atoms with Crippen LogP contribution in [0.2, 0.25) is 0 Å². The molecule has 3 rings (SSSR count). The van der Waals surface area contributed by atoms with Gasteiger partial charge in [-0.3, -0.25) is 0 Å². The summed E-state index contributed by atoms with van der Waals surface area (Å²) in [7, 11) is 0. The molecule has 0 spiro atoms. The lowest BCUT2D eigenvalue weighted by atomic mass is 10.1. The van der Waals surface area contributed by atoms with Crippen molar-refractivity contribution >= 4 is 16.8 Å². The third-order valence-corrected chi connectivity index (χ3v) is 3.60. The van der Waals surface area contributed by atoms with Crippen molar-refractivity contribution in [1.29, 1.82) is 0 Å². The highest BCUT2D eigenvalue weighted by Gasteiger charge is 2.22. The molecule has 2 aromatic rings. The molecular weight excluding hydrogens is 212 g/mol. The Morgan fingerprint density at radius 1 is 1.41 bits per heavy atom. The van der Waals surface area contributed by atoms with Crippen molar-refractivity contribution < 1.29 is 4.42 Å². The van der Waals surface area contributed by atoms with Crippen LogP contribution in [0.1, 0.15) is 31.9 Å². The van der Waals surface area contributed by atoms with Crippen molar-refractivity contribution in [2.24, 2.45) is 5.92 Å². The summed E-state index contributed by atoms with van der Waals surface area (Å²) < 4.78 is 5.61. The molecular formula is C14H18N2O. The lowest BCUT2D eigenvalue weighted by Crippen LogP contribution is -2.16. The second-order valence-electron chi connectivity index (χ2n) is 5.19. The number of hydrogen-bond acceptors (Lipinski definition) is 3. The van der Waals surface area contributed by atoms with Crippen molar-refractivity contribution in [2.45, 2.75) is 39.2 Å². The maximum absolute atomic E-state index is 5.61. The Morgan fingerprint density at radius 2 is 2.29 bits per heavy atom. The monoisotopic (exact) mass is 230 g/mol. The van der Waals surface area contributed by atoms with Crippen molar-refractivity contribution in [3.8, 4) is 0 Å². The van der Waals surface area contributed by atoms with E-state index in [9.17, 15) is 0 Å². The normalized spacial score (nSPS) is 24.4. The van der Waals surface area contributed by atoms with Crippen LogP contribution in [-0.2, 0) is 0 Å². The fraction of sp³-hybridized carbons (Fsp3) is 0.500. The Balaban J connectivity index is 1.89. The molecule has 2 atom stereocenters. The van der Waals surface area contributed by atoms with Crippen LogP contribution in [0, 0.1) is 12.8 Å². The van der Waals surface area contributed by atoms with Crippen LogP contribution in [0.25, 0.3) is 11.0 Å². The summed E-state index contributed by atoms with van der Waals surface area (Å²) in [5.74, 6) is 2.74. The molecule has 2 heterocycles. The van der Waals surface area contributed by atoms with E-state index >= 15 is 0 Å². The van der Waals surface area contributed by atoms with Crippen molar-refractivity contribution in [3.05, 3.63) is 24.1 Å². The average molecular weight is 230 g/mol. The molecule has 0 saturated heterocycles. The van der Waals surface area contributed by atoms with Crippen molar-refractivity contribution in [3.63, 3.8) is 0 Å². The number of rotatable bonds is 2. The van der Waals surface area contributed by atoms with Crippen LogP contribution in [0.15, 0.2) is 22.7 Å². The molecule has 0 aromatic carbocycles. The third-order valence-electron chi connectivity index (χ3n) is 3.60. The minimum absolute atomic E-state index is 0.568. The summed E-state index contributed by atoms with van der Waals surface area (Å²) in [6.45, 7) is 4.29. The zero-order valence-electron chi connectivity index (χ0n) is 10.4. The van der Waals surface area contributed by atoms with Gasteiger partial charge in [0.05, 0.1) is 5.39 Å². The quantitative estimate of drug-likeness (QED) is 0.854. The predicted molar refractivity (Wildman–Crippen MR) is 69.2 cm³/mol. The van der Waals surface area contributed by atoms with Crippen LogP contribution < -0.4 is 5.32 Å². The van der Waals surface area contributed by atoms with Crippen LogP contribution >= 0.6 is 0 Å². The first-order valence-corrected chi connectivity index (χ1v) is 6.34. The van der Waals surface area contributed by atoms with E-state index < -0.39 is 0 Å². The summed E-state index contributed by atoms with van der Waals surface area (Å²) in [5.41, 5.74) is 0.922. The van der Waals surface area contributed by atoms with Gasteiger partial charge in [0.1, 0.15) is 17.2 Å². The van der Waals surface area contributed by atoms with Crippen molar-refractivity contribution in [1.82, 2.24) is 4.98 Å². The molecule has 1 saturated carbocycles. The first-order chi connectivity index (χ1) is 8.22. The fourth-order valence-electron chi connectivity index (χ4n) is 2.74. The standard InChI is InChI=1S/C14H18N2O/c1-9-3-4-11(7-9)16-14-12-8-10(2)17-13(12)5-6-15-14/h5-6,8-9,11H,3-4,7H2,1-2H3,(H,15,16). The zero-order chi connectivity index (χ0) is 11.8.